The molecule has 0 aliphatic carbocycles. The maximum absolute atomic E-state index is 2.73. The Balaban J connectivity index is 2.12. The summed E-state index contributed by atoms with van der Waals surface area (Å²) in [6, 6.07) is 0. The minimum absolute atomic E-state index is 0.318. The molecule has 0 aromatic carbocycles. The standard InChI is InChI=1S/C18H36P2/c1-5-7-13-19-15-9-11-17(19,3)18(4)12-10-16-20(18)14-8-6-2/h5-16H2,1-4H3/t17-,18-,19+,20?/m1/s1. The summed E-state index contributed by atoms with van der Waals surface area (Å²) in [5.41, 5.74) is 0. The lowest BCUT2D eigenvalue weighted by Crippen LogP contribution is -2.44. The van der Waals surface area contributed by atoms with Crippen molar-refractivity contribution in [1.29, 1.82) is 0 Å². The molecule has 2 heterocycles. The highest BCUT2D eigenvalue weighted by Gasteiger charge is 2.55. The highest BCUT2D eigenvalue weighted by Crippen LogP contribution is 2.74. The average molecular weight is 314 g/mol. The molecule has 1 unspecified atom stereocenters. The van der Waals surface area contributed by atoms with Crippen LogP contribution in [0, 0.1) is 0 Å². The molecule has 2 fully saturated rings. The molecule has 2 saturated heterocycles. The normalized spacial score (nSPS) is 41.4. The molecule has 0 aromatic heterocycles. The Bertz CT molecular complexity index is 274. The van der Waals surface area contributed by atoms with Crippen LogP contribution in [0.1, 0.15) is 79.1 Å². The second-order valence-electron chi connectivity index (χ2n) is 7.44. The molecule has 0 bridgehead atoms. The summed E-state index contributed by atoms with van der Waals surface area (Å²) in [7, 11) is 0.637. The Labute approximate surface area is 130 Å². The first-order chi connectivity index (χ1) is 9.58. The lowest BCUT2D eigenvalue weighted by Gasteiger charge is -2.50. The van der Waals surface area contributed by atoms with E-state index < -0.39 is 0 Å². The van der Waals surface area contributed by atoms with E-state index in [-0.39, 0.29) is 0 Å². The van der Waals surface area contributed by atoms with Crippen LogP contribution < -0.4 is 0 Å². The molecular formula is C18H36P2. The fourth-order valence-corrected chi connectivity index (χ4v) is 13.0. The first kappa shape index (κ1) is 17.2. The Morgan fingerprint density at radius 3 is 1.50 bits per heavy atom. The van der Waals surface area contributed by atoms with Crippen molar-refractivity contribution in [1.82, 2.24) is 0 Å². The number of unbranched alkanes of at least 4 members (excludes halogenated alkanes) is 2. The van der Waals surface area contributed by atoms with Crippen molar-refractivity contribution in [3.05, 3.63) is 0 Å². The van der Waals surface area contributed by atoms with E-state index in [9.17, 15) is 0 Å². The molecule has 0 N–H and O–H groups in total. The summed E-state index contributed by atoms with van der Waals surface area (Å²) in [4.78, 5) is 0. The van der Waals surface area contributed by atoms with E-state index in [1.165, 1.54) is 25.7 Å². The van der Waals surface area contributed by atoms with Crippen LogP contribution in [0.15, 0.2) is 0 Å². The molecule has 2 rings (SSSR count). The van der Waals surface area contributed by atoms with Crippen molar-refractivity contribution < 1.29 is 0 Å². The third kappa shape index (κ3) is 3.13. The van der Waals surface area contributed by atoms with Gasteiger partial charge in [0.05, 0.1) is 0 Å². The minimum atomic E-state index is 0.318. The second-order valence-corrected chi connectivity index (χ2v) is 13.4. The van der Waals surface area contributed by atoms with Gasteiger partial charge in [0.25, 0.3) is 0 Å². The third-order valence-corrected chi connectivity index (χ3v) is 14.1. The Kier molecular flexibility index (Phi) is 6.39. The van der Waals surface area contributed by atoms with E-state index in [1.807, 2.05) is 0 Å². The zero-order valence-corrected chi connectivity index (χ0v) is 16.2. The molecule has 0 spiro atoms. The van der Waals surface area contributed by atoms with Crippen molar-refractivity contribution in [3.63, 3.8) is 0 Å². The maximum Gasteiger partial charge on any atom is -0.00296 e. The van der Waals surface area contributed by atoms with Gasteiger partial charge in [-0.15, -0.1) is 0 Å². The minimum Gasteiger partial charge on any atom is -0.0997 e. The molecule has 0 amide bonds. The Hall–Kier alpha value is 0.860. The molecule has 118 valence electrons. The quantitative estimate of drug-likeness (QED) is 0.461. The summed E-state index contributed by atoms with van der Waals surface area (Å²) in [5.74, 6) is 0. The summed E-state index contributed by atoms with van der Waals surface area (Å²) < 4.78 is 0. The SMILES string of the molecule is CCCCP1CCC[C@]1(C)[C@@]1(C)CCC[P@]1CCCC. The van der Waals surface area contributed by atoms with Crippen LogP contribution in [0.3, 0.4) is 0 Å². The van der Waals surface area contributed by atoms with Crippen LogP contribution >= 0.6 is 15.8 Å². The molecule has 0 aromatic rings. The van der Waals surface area contributed by atoms with Crippen LogP contribution in [-0.4, -0.2) is 35.0 Å². The van der Waals surface area contributed by atoms with E-state index in [0.29, 0.717) is 15.8 Å². The number of hydrogen-bond acceptors (Lipinski definition) is 0. The van der Waals surface area contributed by atoms with Crippen molar-refractivity contribution in [2.75, 3.05) is 24.6 Å². The predicted molar refractivity (Wildman–Crippen MR) is 98.4 cm³/mol. The van der Waals surface area contributed by atoms with Gasteiger partial charge in [-0.25, -0.2) is 0 Å². The van der Waals surface area contributed by atoms with E-state index in [4.69, 9.17) is 0 Å². The van der Waals surface area contributed by atoms with Crippen LogP contribution in [0.25, 0.3) is 0 Å². The highest BCUT2D eigenvalue weighted by atomic mass is 31.1. The number of hydrogen-bond donors (Lipinski definition) is 0. The molecule has 2 heteroatoms. The van der Waals surface area contributed by atoms with Gasteiger partial charge >= 0.3 is 0 Å². The van der Waals surface area contributed by atoms with E-state index in [0.717, 1.165) is 10.3 Å². The predicted octanol–water partition coefficient (Wildman–Crippen LogP) is 6.66. The van der Waals surface area contributed by atoms with Gasteiger partial charge in [0.1, 0.15) is 0 Å². The Morgan fingerprint density at radius 2 is 1.15 bits per heavy atom. The first-order valence-electron chi connectivity index (χ1n) is 9.08. The summed E-state index contributed by atoms with van der Waals surface area (Å²) in [6.45, 7) is 10.2. The van der Waals surface area contributed by atoms with Crippen LogP contribution in [0.2, 0.25) is 0 Å². The van der Waals surface area contributed by atoms with Crippen molar-refractivity contribution in [3.8, 4) is 0 Å². The maximum atomic E-state index is 2.73. The molecule has 0 radical (unpaired) electrons. The zero-order chi connectivity index (χ0) is 14.6. The fourth-order valence-electron chi connectivity index (χ4n) is 4.67. The fraction of sp³-hybridized carbons (Fsp3) is 1.00. The van der Waals surface area contributed by atoms with Gasteiger partial charge in [-0.2, -0.15) is 0 Å². The van der Waals surface area contributed by atoms with Crippen LogP contribution in [0.4, 0.5) is 0 Å². The van der Waals surface area contributed by atoms with Gasteiger partial charge < -0.3 is 0 Å². The number of rotatable bonds is 7. The molecule has 0 nitrogen and oxygen atoms in total. The lowest BCUT2D eigenvalue weighted by molar-refractivity contribution is 0.436. The van der Waals surface area contributed by atoms with Crippen molar-refractivity contribution in [2.45, 2.75) is 89.4 Å². The molecule has 2 aliphatic heterocycles. The molecule has 4 atom stereocenters. The van der Waals surface area contributed by atoms with Gasteiger partial charge in [0, 0.05) is 0 Å². The van der Waals surface area contributed by atoms with Crippen LogP contribution in [-0.2, 0) is 0 Å². The van der Waals surface area contributed by atoms with Gasteiger partial charge in [0.15, 0.2) is 0 Å². The van der Waals surface area contributed by atoms with Gasteiger partial charge in [-0.1, -0.05) is 56.4 Å². The van der Waals surface area contributed by atoms with E-state index in [2.05, 4.69) is 27.7 Å². The molecular weight excluding hydrogens is 278 g/mol. The van der Waals surface area contributed by atoms with Gasteiger partial charge in [0.2, 0.25) is 0 Å². The monoisotopic (exact) mass is 314 g/mol. The van der Waals surface area contributed by atoms with Crippen LogP contribution in [0.5, 0.6) is 0 Å². The average Bonchev–Trinajstić information content (AvgIpc) is 3.00. The molecule has 2 aliphatic rings. The second kappa shape index (κ2) is 7.42. The highest BCUT2D eigenvalue weighted by molar-refractivity contribution is 7.64. The zero-order valence-electron chi connectivity index (χ0n) is 14.4. The third-order valence-electron chi connectivity index (χ3n) is 6.30. The molecule has 20 heavy (non-hydrogen) atoms. The van der Waals surface area contributed by atoms with E-state index >= 15 is 0 Å². The Morgan fingerprint density at radius 1 is 0.750 bits per heavy atom. The van der Waals surface area contributed by atoms with Crippen molar-refractivity contribution >= 4 is 15.8 Å². The van der Waals surface area contributed by atoms with Gasteiger partial charge in [-0.05, 0) is 73.5 Å². The molecule has 0 saturated carbocycles. The summed E-state index contributed by atoms with van der Waals surface area (Å²) in [6.07, 6.45) is 18.3. The largest absolute Gasteiger partial charge is 0.0997 e. The van der Waals surface area contributed by atoms with E-state index in [1.54, 1.807) is 50.3 Å². The van der Waals surface area contributed by atoms with Gasteiger partial charge in [-0.3, -0.25) is 0 Å². The topological polar surface area (TPSA) is 0 Å². The smallest absolute Gasteiger partial charge is 0.00296 e. The van der Waals surface area contributed by atoms with Crippen molar-refractivity contribution in [2.24, 2.45) is 0 Å². The summed E-state index contributed by atoms with van der Waals surface area (Å²) >= 11 is 0. The lowest BCUT2D eigenvalue weighted by atomic mass is 9.87. The summed E-state index contributed by atoms with van der Waals surface area (Å²) in [5, 5.41) is 1.49. The first-order valence-corrected chi connectivity index (χ1v) is 12.5.